The highest BCUT2D eigenvalue weighted by Crippen LogP contribution is 2.15. The highest BCUT2D eigenvalue weighted by molar-refractivity contribution is 5.37. The van der Waals surface area contributed by atoms with Crippen LogP contribution in [0.4, 0.5) is 14.6 Å². The number of nitrogens with one attached hydrogen (secondary N) is 1. The van der Waals surface area contributed by atoms with E-state index in [4.69, 9.17) is 0 Å². The summed E-state index contributed by atoms with van der Waals surface area (Å²) >= 11 is 0. The van der Waals surface area contributed by atoms with E-state index >= 15 is 0 Å². The third-order valence-electron chi connectivity index (χ3n) is 3.70. The molecule has 5 nitrogen and oxygen atoms in total. The Bertz CT molecular complexity index is 421. The highest BCUT2D eigenvalue weighted by atomic mass is 19.3. The lowest BCUT2D eigenvalue weighted by Crippen LogP contribution is -2.49. The Morgan fingerprint density at radius 2 is 2.00 bits per heavy atom. The van der Waals surface area contributed by atoms with Crippen molar-refractivity contribution in [3.05, 3.63) is 18.3 Å². The number of rotatable bonds is 6. The van der Waals surface area contributed by atoms with Crippen molar-refractivity contribution in [2.24, 2.45) is 0 Å². The lowest BCUT2D eigenvalue weighted by Gasteiger charge is -2.36. The van der Waals surface area contributed by atoms with E-state index < -0.39 is 6.61 Å². The number of pyridine rings is 1. The van der Waals surface area contributed by atoms with E-state index in [1.807, 2.05) is 0 Å². The second-order valence-corrected chi connectivity index (χ2v) is 5.33. The Morgan fingerprint density at radius 3 is 2.57 bits per heavy atom. The zero-order chi connectivity index (χ0) is 15.2. The molecule has 1 saturated heterocycles. The first-order chi connectivity index (χ1) is 10.0. The fourth-order valence-electron chi connectivity index (χ4n) is 2.30. The molecular formula is C14H22F2N4O. The van der Waals surface area contributed by atoms with Crippen LogP contribution in [0.25, 0.3) is 0 Å². The van der Waals surface area contributed by atoms with Crippen LogP contribution in [0.1, 0.15) is 6.92 Å². The molecule has 2 heterocycles. The molecule has 0 saturated carbocycles. The van der Waals surface area contributed by atoms with Crippen LogP contribution in [0.5, 0.6) is 5.75 Å². The molecule has 0 bridgehead atoms. The van der Waals surface area contributed by atoms with E-state index in [0.717, 1.165) is 32.7 Å². The monoisotopic (exact) mass is 300 g/mol. The maximum absolute atomic E-state index is 12.0. The van der Waals surface area contributed by atoms with Gasteiger partial charge in [0.15, 0.2) is 0 Å². The SMILES string of the molecule is CC(CNc1ccc(OC(F)F)cn1)N1CCN(C)CC1. The number of anilines is 1. The van der Waals surface area contributed by atoms with Gasteiger partial charge in [0.1, 0.15) is 11.6 Å². The molecule has 1 aliphatic rings. The van der Waals surface area contributed by atoms with E-state index in [1.54, 1.807) is 6.07 Å². The minimum absolute atomic E-state index is 0.0719. The molecule has 7 heteroatoms. The van der Waals surface area contributed by atoms with Crippen LogP contribution >= 0.6 is 0 Å². The number of halogens is 2. The number of likely N-dealkylation sites (N-methyl/N-ethyl adjacent to an activating group) is 1. The molecule has 0 amide bonds. The van der Waals surface area contributed by atoms with Gasteiger partial charge in [-0.15, -0.1) is 0 Å². The number of alkyl halides is 2. The Balaban J connectivity index is 1.77. The van der Waals surface area contributed by atoms with E-state index in [0.29, 0.717) is 11.9 Å². The normalized spacial score (nSPS) is 18.7. The number of hydrogen-bond acceptors (Lipinski definition) is 5. The van der Waals surface area contributed by atoms with Crippen LogP contribution < -0.4 is 10.1 Å². The summed E-state index contributed by atoms with van der Waals surface area (Å²) in [5.41, 5.74) is 0. The van der Waals surface area contributed by atoms with Gasteiger partial charge in [-0.1, -0.05) is 0 Å². The molecule has 118 valence electrons. The predicted octanol–water partition coefficient (Wildman–Crippen LogP) is 1.73. The van der Waals surface area contributed by atoms with E-state index in [2.05, 4.69) is 38.8 Å². The van der Waals surface area contributed by atoms with Crippen LogP contribution in [0.15, 0.2) is 18.3 Å². The van der Waals surface area contributed by atoms with Crippen molar-refractivity contribution in [3.8, 4) is 5.75 Å². The number of piperazine rings is 1. The summed E-state index contributed by atoms with van der Waals surface area (Å²) in [5, 5.41) is 3.22. The first-order valence-corrected chi connectivity index (χ1v) is 7.12. The van der Waals surface area contributed by atoms with Gasteiger partial charge in [-0.3, -0.25) is 4.90 Å². The van der Waals surface area contributed by atoms with Gasteiger partial charge >= 0.3 is 6.61 Å². The maximum atomic E-state index is 12.0. The molecule has 2 rings (SSSR count). The standard InChI is InChI=1S/C14H22F2N4O/c1-11(20-7-5-19(2)6-8-20)9-17-13-4-3-12(10-18-13)21-14(15)16/h3-4,10-11,14H,5-9H2,1-2H3,(H,17,18). The van der Waals surface area contributed by atoms with Gasteiger partial charge in [0.2, 0.25) is 0 Å². The number of aromatic nitrogens is 1. The Labute approximate surface area is 123 Å². The first-order valence-electron chi connectivity index (χ1n) is 7.12. The summed E-state index contributed by atoms with van der Waals surface area (Å²) in [5.74, 6) is 0.736. The third kappa shape index (κ3) is 5.09. The predicted molar refractivity (Wildman–Crippen MR) is 77.9 cm³/mol. The van der Waals surface area contributed by atoms with Crippen molar-refractivity contribution in [2.45, 2.75) is 19.6 Å². The summed E-state index contributed by atoms with van der Waals surface area (Å²) in [6.45, 7) is 4.42. The molecule has 1 unspecified atom stereocenters. The van der Waals surface area contributed by atoms with Crippen molar-refractivity contribution in [1.29, 1.82) is 0 Å². The van der Waals surface area contributed by atoms with Crippen molar-refractivity contribution in [3.63, 3.8) is 0 Å². The van der Waals surface area contributed by atoms with E-state index in [-0.39, 0.29) is 5.75 Å². The zero-order valence-electron chi connectivity index (χ0n) is 12.4. The molecule has 1 aromatic heterocycles. The summed E-state index contributed by atoms with van der Waals surface area (Å²) in [4.78, 5) is 8.82. The lowest BCUT2D eigenvalue weighted by atomic mass is 10.2. The molecule has 0 aliphatic carbocycles. The van der Waals surface area contributed by atoms with Gasteiger partial charge < -0.3 is 15.0 Å². The largest absolute Gasteiger partial charge is 0.433 e. The molecule has 1 fully saturated rings. The van der Waals surface area contributed by atoms with Crippen LogP contribution in [-0.2, 0) is 0 Å². The minimum atomic E-state index is -2.82. The fourth-order valence-corrected chi connectivity index (χ4v) is 2.30. The summed E-state index contributed by atoms with van der Waals surface area (Å²) < 4.78 is 28.3. The topological polar surface area (TPSA) is 40.6 Å². The lowest BCUT2D eigenvalue weighted by molar-refractivity contribution is -0.0500. The molecule has 1 atom stereocenters. The third-order valence-corrected chi connectivity index (χ3v) is 3.70. The number of ether oxygens (including phenoxy) is 1. The van der Waals surface area contributed by atoms with Gasteiger partial charge in [-0.2, -0.15) is 8.78 Å². The molecule has 1 N–H and O–H groups in total. The van der Waals surface area contributed by atoms with Crippen LogP contribution in [0.3, 0.4) is 0 Å². The molecule has 1 aliphatic heterocycles. The fraction of sp³-hybridized carbons (Fsp3) is 0.643. The van der Waals surface area contributed by atoms with Crippen molar-refractivity contribution in [1.82, 2.24) is 14.8 Å². The summed E-state index contributed by atoms with van der Waals surface area (Å²) in [6, 6.07) is 3.54. The van der Waals surface area contributed by atoms with Crippen LogP contribution in [0.2, 0.25) is 0 Å². The molecular weight excluding hydrogens is 278 g/mol. The van der Waals surface area contributed by atoms with Gasteiger partial charge in [0, 0.05) is 38.8 Å². The Hall–Kier alpha value is -1.47. The van der Waals surface area contributed by atoms with E-state index in [9.17, 15) is 8.78 Å². The van der Waals surface area contributed by atoms with Crippen molar-refractivity contribution >= 4 is 5.82 Å². The minimum Gasteiger partial charge on any atom is -0.433 e. The summed E-state index contributed by atoms with van der Waals surface area (Å²) in [6.07, 6.45) is 1.30. The highest BCUT2D eigenvalue weighted by Gasteiger charge is 2.18. The van der Waals surface area contributed by atoms with Gasteiger partial charge in [0.25, 0.3) is 0 Å². The smallest absolute Gasteiger partial charge is 0.387 e. The van der Waals surface area contributed by atoms with Crippen molar-refractivity contribution < 1.29 is 13.5 Å². The average Bonchev–Trinajstić information content (AvgIpc) is 2.46. The maximum Gasteiger partial charge on any atom is 0.387 e. The molecule has 0 radical (unpaired) electrons. The molecule has 0 aromatic carbocycles. The molecule has 21 heavy (non-hydrogen) atoms. The van der Waals surface area contributed by atoms with Gasteiger partial charge in [0.05, 0.1) is 6.20 Å². The van der Waals surface area contributed by atoms with Gasteiger partial charge in [-0.25, -0.2) is 4.98 Å². The van der Waals surface area contributed by atoms with Crippen LogP contribution in [-0.4, -0.2) is 67.2 Å². The Kier molecular flexibility index (Phi) is 5.69. The van der Waals surface area contributed by atoms with Crippen LogP contribution in [0, 0.1) is 0 Å². The molecule has 1 aromatic rings. The summed E-state index contributed by atoms with van der Waals surface area (Å²) in [7, 11) is 2.13. The van der Waals surface area contributed by atoms with Gasteiger partial charge in [-0.05, 0) is 26.1 Å². The molecule has 0 spiro atoms. The Morgan fingerprint density at radius 1 is 1.29 bits per heavy atom. The van der Waals surface area contributed by atoms with E-state index in [1.165, 1.54) is 12.3 Å². The number of hydrogen-bond donors (Lipinski definition) is 1. The van der Waals surface area contributed by atoms with Crippen molar-refractivity contribution in [2.75, 3.05) is 45.1 Å². The number of nitrogens with zero attached hydrogens (tertiary/aromatic N) is 3. The first kappa shape index (κ1) is 15.9. The zero-order valence-corrected chi connectivity index (χ0v) is 12.4. The second-order valence-electron chi connectivity index (χ2n) is 5.33. The quantitative estimate of drug-likeness (QED) is 0.866. The average molecular weight is 300 g/mol. The second kappa shape index (κ2) is 7.51.